The van der Waals surface area contributed by atoms with E-state index in [2.05, 4.69) is 10.3 Å². The molecule has 2 rings (SSSR count). The van der Waals surface area contributed by atoms with Gasteiger partial charge in [0.15, 0.2) is 0 Å². The predicted molar refractivity (Wildman–Crippen MR) is 102 cm³/mol. The zero-order chi connectivity index (χ0) is 18.4. The van der Waals surface area contributed by atoms with Gasteiger partial charge in [0.2, 0.25) is 0 Å². The van der Waals surface area contributed by atoms with Crippen molar-refractivity contribution in [3.05, 3.63) is 35.0 Å². The first-order valence-corrected chi connectivity index (χ1v) is 9.40. The van der Waals surface area contributed by atoms with Crippen LogP contribution in [0.3, 0.4) is 0 Å². The van der Waals surface area contributed by atoms with Gasteiger partial charge in [-0.3, -0.25) is 0 Å². The highest BCUT2D eigenvalue weighted by molar-refractivity contribution is 7.13. The number of hydrogen-bond acceptors (Lipinski definition) is 5. The summed E-state index contributed by atoms with van der Waals surface area (Å²) < 4.78 is 11.0. The molecule has 1 aromatic carbocycles. The number of thiazole rings is 1. The second kappa shape index (κ2) is 8.54. The maximum Gasteiger partial charge on any atom is 0.407 e. The molecule has 0 atom stereocenters. The predicted octanol–water partition coefficient (Wildman–Crippen LogP) is 4.76. The number of aryl methyl sites for hydroxylation is 1. The van der Waals surface area contributed by atoms with Crippen LogP contribution >= 0.6 is 22.9 Å². The first-order valence-electron chi connectivity index (χ1n) is 7.99. The highest BCUT2D eigenvalue weighted by Gasteiger charge is 2.17. The minimum atomic E-state index is -0.532. The monoisotopic (exact) mass is 382 g/mol. The lowest BCUT2D eigenvalue weighted by atomic mass is 10.1. The van der Waals surface area contributed by atoms with E-state index in [1.807, 2.05) is 51.4 Å². The van der Waals surface area contributed by atoms with Gasteiger partial charge in [-0.15, -0.1) is 22.9 Å². The summed E-state index contributed by atoms with van der Waals surface area (Å²) in [7, 11) is 0. The third-order valence-corrected chi connectivity index (χ3v) is 4.36. The lowest BCUT2D eigenvalue weighted by molar-refractivity contribution is 0.0523. The fraction of sp³-hybridized carbons (Fsp3) is 0.444. The van der Waals surface area contributed by atoms with Gasteiger partial charge >= 0.3 is 6.09 Å². The summed E-state index contributed by atoms with van der Waals surface area (Å²) in [6.07, 6.45) is -0.460. The van der Waals surface area contributed by atoms with Crippen molar-refractivity contribution in [3.63, 3.8) is 0 Å². The molecule has 0 aliphatic carbocycles. The third-order valence-electron chi connectivity index (χ3n) is 3.23. The van der Waals surface area contributed by atoms with Gasteiger partial charge in [0, 0.05) is 12.1 Å². The first-order chi connectivity index (χ1) is 11.8. The topological polar surface area (TPSA) is 60.5 Å². The molecule has 1 heterocycles. The Morgan fingerprint density at radius 3 is 2.72 bits per heavy atom. The minimum Gasteiger partial charge on any atom is -0.492 e. The smallest absolute Gasteiger partial charge is 0.407 e. The van der Waals surface area contributed by atoms with Crippen LogP contribution in [0.15, 0.2) is 23.7 Å². The Kier molecular flexibility index (Phi) is 6.67. The molecule has 136 valence electrons. The maximum absolute atomic E-state index is 11.9. The van der Waals surface area contributed by atoms with Crippen LogP contribution in [0.2, 0.25) is 0 Å². The Labute approximate surface area is 157 Å². The van der Waals surface area contributed by atoms with Crippen LogP contribution in [0.5, 0.6) is 5.75 Å². The summed E-state index contributed by atoms with van der Waals surface area (Å²) in [5, 5.41) is 2.75. The molecule has 25 heavy (non-hydrogen) atoms. The van der Waals surface area contributed by atoms with Crippen LogP contribution in [0.25, 0.3) is 10.4 Å². The van der Waals surface area contributed by atoms with Crippen molar-refractivity contribution in [2.24, 2.45) is 0 Å². The largest absolute Gasteiger partial charge is 0.492 e. The third kappa shape index (κ3) is 5.90. The number of alkyl halides is 1. The van der Waals surface area contributed by atoms with Crippen molar-refractivity contribution in [2.45, 2.75) is 39.8 Å². The minimum absolute atomic E-state index is 0.314. The molecule has 1 N–H and O–H groups in total. The van der Waals surface area contributed by atoms with E-state index in [1.165, 1.54) is 0 Å². The molecule has 1 amide bonds. The second-order valence-electron chi connectivity index (χ2n) is 6.48. The summed E-state index contributed by atoms with van der Waals surface area (Å²) in [5.74, 6) is 1.09. The van der Waals surface area contributed by atoms with E-state index in [0.29, 0.717) is 24.8 Å². The van der Waals surface area contributed by atoms with Crippen molar-refractivity contribution in [1.29, 1.82) is 0 Å². The molecule has 5 nitrogen and oxygen atoms in total. The van der Waals surface area contributed by atoms with Gasteiger partial charge in [0.1, 0.15) is 18.0 Å². The quantitative estimate of drug-likeness (QED) is 0.731. The van der Waals surface area contributed by atoms with E-state index in [4.69, 9.17) is 21.1 Å². The van der Waals surface area contributed by atoms with Crippen molar-refractivity contribution < 1.29 is 14.3 Å². The number of benzene rings is 1. The van der Waals surface area contributed by atoms with E-state index in [0.717, 1.165) is 21.7 Å². The summed E-state index contributed by atoms with van der Waals surface area (Å²) in [5.41, 5.74) is 4.16. The molecular weight excluding hydrogens is 360 g/mol. The molecule has 7 heteroatoms. The molecule has 0 aliphatic rings. The number of hydrogen-bond donors (Lipinski definition) is 1. The number of halogens is 1. The first kappa shape index (κ1) is 19.5. The van der Waals surface area contributed by atoms with Crippen molar-refractivity contribution in [3.8, 4) is 16.2 Å². The van der Waals surface area contributed by atoms with Crippen LogP contribution in [0, 0.1) is 6.92 Å². The lowest BCUT2D eigenvalue weighted by Gasteiger charge is -2.20. The zero-order valence-electron chi connectivity index (χ0n) is 14.9. The van der Waals surface area contributed by atoms with Gasteiger partial charge in [0.05, 0.1) is 22.0 Å². The Balaban J connectivity index is 2.16. The van der Waals surface area contributed by atoms with E-state index in [1.54, 1.807) is 11.3 Å². The molecule has 0 spiro atoms. The Morgan fingerprint density at radius 1 is 1.36 bits per heavy atom. The second-order valence-corrected chi connectivity index (χ2v) is 7.72. The van der Waals surface area contributed by atoms with Crippen LogP contribution in [-0.4, -0.2) is 29.2 Å². The van der Waals surface area contributed by atoms with Gasteiger partial charge in [-0.2, -0.15) is 0 Å². The molecular formula is C18H23ClN2O3S. The van der Waals surface area contributed by atoms with Crippen LogP contribution < -0.4 is 10.1 Å². The number of alkyl carbamates (subject to hydrolysis) is 1. The molecule has 0 unspecified atom stereocenters. The van der Waals surface area contributed by atoms with E-state index >= 15 is 0 Å². The fourth-order valence-electron chi connectivity index (χ4n) is 2.19. The number of ether oxygens (including phenoxy) is 2. The number of aromatic nitrogens is 1. The molecule has 0 bridgehead atoms. The number of carbonyl (C=O) groups excluding carboxylic acids is 1. The fourth-order valence-corrected chi connectivity index (χ4v) is 3.06. The molecule has 0 aliphatic heterocycles. The normalized spacial score (nSPS) is 11.2. The Hall–Kier alpha value is -1.79. The van der Waals surface area contributed by atoms with Crippen LogP contribution in [-0.2, 0) is 11.3 Å². The zero-order valence-corrected chi connectivity index (χ0v) is 16.5. The SMILES string of the molecule is Cc1ncsc1-c1ccc(CNC(=O)OC(C)(C)C)c(OCCCl)c1. The molecule has 0 fully saturated rings. The summed E-state index contributed by atoms with van der Waals surface area (Å²) in [6.45, 7) is 8.17. The Morgan fingerprint density at radius 2 is 2.12 bits per heavy atom. The number of amides is 1. The van der Waals surface area contributed by atoms with Crippen molar-refractivity contribution >= 4 is 29.0 Å². The molecule has 2 aromatic rings. The number of carbonyl (C=O) groups is 1. The molecule has 1 aromatic heterocycles. The summed E-state index contributed by atoms with van der Waals surface area (Å²) >= 11 is 7.33. The number of rotatable bonds is 6. The number of nitrogens with one attached hydrogen (secondary N) is 1. The molecule has 0 saturated heterocycles. The van der Waals surface area contributed by atoms with Gasteiger partial charge < -0.3 is 14.8 Å². The van der Waals surface area contributed by atoms with Gasteiger partial charge in [0.25, 0.3) is 0 Å². The van der Waals surface area contributed by atoms with Crippen molar-refractivity contribution in [2.75, 3.05) is 12.5 Å². The van der Waals surface area contributed by atoms with Gasteiger partial charge in [-0.05, 0) is 39.3 Å². The van der Waals surface area contributed by atoms with Gasteiger partial charge in [-0.1, -0.05) is 12.1 Å². The van der Waals surface area contributed by atoms with Crippen molar-refractivity contribution in [1.82, 2.24) is 10.3 Å². The summed E-state index contributed by atoms with van der Waals surface area (Å²) in [4.78, 5) is 17.2. The van der Waals surface area contributed by atoms with E-state index in [-0.39, 0.29) is 0 Å². The highest BCUT2D eigenvalue weighted by Crippen LogP contribution is 2.32. The standard InChI is InChI=1S/C18H23ClN2O3S/c1-12-16(25-11-21-12)13-5-6-14(15(9-13)23-8-7-19)10-20-17(22)24-18(2,3)4/h5-6,9,11H,7-8,10H2,1-4H3,(H,20,22). The summed E-state index contributed by atoms with van der Waals surface area (Å²) in [6, 6.07) is 5.90. The Bertz CT molecular complexity index is 725. The number of nitrogens with zero attached hydrogens (tertiary/aromatic N) is 1. The molecule has 0 saturated carbocycles. The maximum atomic E-state index is 11.9. The van der Waals surface area contributed by atoms with E-state index < -0.39 is 11.7 Å². The van der Waals surface area contributed by atoms with Gasteiger partial charge in [-0.25, -0.2) is 9.78 Å². The van der Waals surface area contributed by atoms with E-state index in [9.17, 15) is 4.79 Å². The average molecular weight is 383 g/mol. The highest BCUT2D eigenvalue weighted by atomic mass is 35.5. The van der Waals surface area contributed by atoms with Crippen LogP contribution in [0.1, 0.15) is 32.0 Å². The lowest BCUT2D eigenvalue weighted by Crippen LogP contribution is -2.32. The van der Waals surface area contributed by atoms with Crippen LogP contribution in [0.4, 0.5) is 4.79 Å². The average Bonchev–Trinajstić information content (AvgIpc) is 2.95. The molecule has 0 radical (unpaired) electrons.